The molecule has 0 aliphatic rings. The lowest BCUT2D eigenvalue weighted by Gasteiger charge is -2.30. The summed E-state index contributed by atoms with van der Waals surface area (Å²) >= 11 is 0. The number of ether oxygens (including phenoxy) is 1. The first-order valence-electron chi connectivity index (χ1n) is 29.2. The van der Waals surface area contributed by atoms with Gasteiger partial charge >= 0.3 is 0 Å². The van der Waals surface area contributed by atoms with Gasteiger partial charge in [0.25, 0.3) is 6.33 Å². The lowest BCUT2D eigenvalue weighted by Crippen LogP contribution is -2.35. The SMILES string of the molecule is [2H]c1c([2H])c([2H])c(-c2cnc(-n3c4ccccc4c4ccc(Oc5cccc(-n6[c-][n+](-c7c(-c8cc(-c9ccccc9)c9oc%10ccccc%10c9c8)cc(C(C)(C)C)cc7C(C)(C)C)c7ccccc76)c5)cc43)cc2C([2H])([2H])[2H])c([2H])c1[2H]. The predicted molar refractivity (Wildman–Crippen MR) is 308 cm³/mol. The van der Waals surface area contributed by atoms with Crippen LogP contribution in [0.3, 0.4) is 0 Å². The Hall–Kier alpha value is -9.00. The number of fused-ring (bicyclic) bond motifs is 7. The topological polar surface area (TPSA) is 49.0 Å². The molecule has 13 aromatic rings. The van der Waals surface area contributed by atoms with Crippen LogP contribution in [0, 0.1) is 13.2 Å². The number of pyridine rings is 1. The average Bonchev–Trinajstić information content (AvgIpc) is 4.40. The molecule has 364 valence electrons. The van der Waals surface area contributed by atoms with Crippen molar-refractivity contribution in [2.75, 3.05) is 0 Å². The van der Waals surface area contributed by atoms with Crippen molar-refractivity contribution in [3.8, 4) is 62.1 Å². The van der Waals surface area contributed by atoms with Crippen molar-refractivity contribution in [3.63, 3.8) is 0 Å². The Morgan fingerprint density at radius 2 is 1.31 bits per heavy atom. The van der Waals surface area contributed by atoms with Gasteiger partial charge in [0.2, 0.25) is 0 Å². The normalized spacial score (nSPS) is 13.9. The number of hydrogen-bond donors (Lipinski definition) is 0. The average molecular weight is 981 g/mol. The number of furan rings is 1. The van der Waals surface area contributed by atoms with E-state index in [0.717, 1.165) is 82.9 Å². The van der Waals surface area contributed by atoms with Crippen LogP contribution in [0.4, 0.5) is 0 Å². The maximum atomic E-state index is 8.68. The van der Waals surface area contributed by atoms with Gasteiger partial charge in [0.1, 0.15) is 28.5 Å². The second-order valence-electron chi connectivity index (χ2n) is 21.3. The highest BCUT2D eigenvalue weighted by Gasteiger charge is 2.29. The number of nitrogens with zero attached hydrogens (tertiary/aromatic N) is 4. The third kappa shape index (κ3) is 7.96. The zero-order chi connectivity index (χ0) is 58.0. The van der Waals surface area contributed by atoms with Gasteiger partial charge in [0.15, 0.2) is 0 Å². The Balaban J connectivity index is 0.950. The molecule has 0 bridgehead atoms. The van der Waals surface area contributed by atoms with Crippen LogP contribution in [0.5, 0.6) is 11.5 Å². The van der Waals surface area contributed by atoms with E-state index < -0.39 is 37.1 Å². The first-order chi connectivity index (χ1) is 39.6. The van der Waals surface area contributed by atoms with Gasteiger partial charge < -0.3 is 9.15 Å². The summed E-state index contributed by atoms with van der Waals surface area (Å²) < 4.78 is 87.7. The molecule has 6 heteroatoms. The number of rotatable bonds is 8. The number of benzene rings is 9. The summed E-state index contributed by atoms with van der Waals surface area (Å²) in [4.78, 5) is 4.76. The Morgan fingerprint density at radius 3 is 2.11 bits per heavy atom. The van der Waals surface area contributed by atoms with Crippen LogP contribution in [-0.2, 0) is 10.8 Å². The van der Waals surface area contributed by atoms with E-state index in [-0.39, 0.29) is 33.3 Å². The van der Waals surface area contributed by atoms with Crippen molar-refractivity contribution in [2.45, 2.75) is 59.2 Å². The van der Waals surface area contributed by atoms with E-state index in [0.29, 0.717) is 17.0 Å². The maximum absolute atomic E-state index is 8.68. The molecule has 0 spiro atoms. The zero-order valence-electron chi connectivity index (χ0n) is 50.4. The fourth-order valence-electron chi connectivity index (χ4n) is 10.6. The second-order valence-corrected chi connectivity index (χ2v) is 21.3. The molecule has 0 N–H and O–H groups in total. The predicted octanol–water partition coefficient (Wildman–Crippen LogP) is 17.8. The molecule has 0 fully saturated rings. The molecular formula is C69H56N4O2. The van der Waals surface area contributed by atoms with Gasteiger partial charge in [-0.1, -0.05) is 181 Å². The third-order valence-electron chi connectivity index (χ3n) is 14.3. The number of para-hydroxylation sites is 4. The summed E-state index contributed by atoms with van der Waals surface area (Å²) in [6.45, 7) is 10.9. The standard InChI is InChI=1S/C69H56N4O2/c1-44-35-65(70-42-58(44)46-23-12-9-13-24-46)73-60-29-16-14-27-52(60)53-34-33-51(41-63(53)73)74-50-26-20-25-49(40-50)71-43-72(62-31-18-17-30-61(62)71)66-55(38-48(68(2,3)4)39-59(66)69(5,6)7)47-36-56(45-21-10-8-11-22-45)67-57(37-47)54-28-15-19-32-64(54)75-67/h8-42H,1-7H3/i1D3,9D,12D,13D,23D,24D. The quantitative estimate of drug-likeness (QED) is 0.113. The van der Waals surface area contributed by atoms with Gasteiger partial charge in [-0.3, -0.25) is 13.7 Å². The number of imidazole rings is 1. The smallest absolute Gasteiger partial charge is 0.269 e. The molecule has 4 heterocycles. The Kier molecular flexibility index (Phi) is 8.85. The third-order valence-corrected chi connectivity index (χ3v) is 14.3. The molecule has 0 saturated carbocycles. The van der Waals surface area contributed by atoms with Crippen LogP contribution in [0.2, 0.25) is 0 Å². The number of aromatic nitrogens is 4. The van der Waals surface area contributed by atoms with E-state index in [1.54, 1.807) is 0 Å². The van der Waals surface area contributed by atoms with Crippen molar-refractivity contribution in [2.24, 2.45) is 0 Å². The summed E-state index contributed by atoms with van der Waals surface area (Å²) in [5.41, 5.74) is 12.4. The van der Waals surface area contributed by atoms with Crippen molar-refractivity contribution < 1.29 is 24.7 Å². The molecule has 0 amide bonds. The van der Waals surface area contributed by atoms with Gasteiger partial charge in [0.05, 0.1) is 40.3 Å². The molecule has 9 aromatic carbocycles. The van der Waals surface area contributed by atoms with Crippen LogP contribution >= 0.6 is 0 Å². The van der Waals surface area contributed by atoms with Crippen molar-refractivity contribution in [1.82, 2.24) is 14.1 Å². The van der Waals surface area contributed by atoms with Crippen molar-refractivity contribution in [1.29, 1.82) is 0 Å². The molecule has 13 rings (SSSR count). The first-order valence-corrected chi connectivity index (χ1v) is 25.2. The van der Waals surface area contributed by atoms with Gasteiger partial charge in [0, 0.05) is 49.0 Å². The van der Waals surface area contributed by atoms with E-state index in [1.807, 2.05) is 95.6 Å². The molecule has 0 radical (unpaired) electrons. The Bertz CT molecular complexity index is 4760. The summed E-state index contributed by atoms with van der Waals surface area (Å²) in [6.07, 6.45) is 5.16. The fourth-order valence-corrected chi connectivity index (χ4v) is 10.6. The molecule has 75 heavy (non-hydrogen) atoms. The highest BCUT2D eigenvalue weighted by Crippen LogP contribution is 2.44. The largest absolute Gasteiger partial charge is 0.458 e. The molecule has 0 saturated heterocycles. The van der Waals surface area contributed by atoms with Gasteiger partial charge in [-0.25, -0.2) is 4.98 Å². The van der Waals surface area contributed by atoms with Crippen molar-refractivity contribution >= 4 is 54.8 Å². The minimum atomic E-state index is -2.75. The minimum Gasteiger partial charge on any atom is -0.458 e. The monoisotopic (exact) mass is 980 g/mol. The van der Waals surface area contributed by atoms with E-state index in [9.17, 15) is 0 Å². The van der Waals surface area contributed by atoms with Crippen LogP contribution < -0.4 is 9.30 Å². The minimum absolute atomic E-state index is 0.0688. The molecular weight excluding hydrogens is 917 g/mol. The Labute approximate surface area is 448 Å². The molecule has 6 nitrogen and oxygen atoms in total. The zero-order valence-corrected chi connectivity index (χ0v) is 42.4. The van der Waals surface area contributed by atoms with E-state index in [1.165, 1.54) is 23.4 Å². The molecule has 0 aliphatic heterocycles. The Morgan fingerprint density at radius 1 is 0.573 bits per heavy atom. The van der Waals surface area contributed by atoms with E-state index >= 15 is 0 Å². The molecule has 4 aromatic heterocycles. The summed E-state index contributed by atoms with van der Waals surface area (Å²) in [5.74, 6) is 1.34. The summed E-state index contributed by atoms with van der Waals surface area (Å²) in [7, 11) is 0. The van der Waals surface area contributed by atoms with Crippen LogP contribution in [0.25, 0.3) is 105 Å². The van der Waals surface area contributed by atoms with Crippen molar-refractivity contribution in [3.05, 3.63) is 235 Å². The molecule has 0 aliphatic carbocycles. The van der Waals surface area contributed by atoms with E-state index in [2.05, 4.69) is 136 Å². The van der Waals surface area contributed by atoms with Crippen LogP contribution in [0.15, 0.2) is 217 Å². The molecule has 0 atom stereocenters. The summed E-state index contributed by atoms with van der Waals surface area (Å²) in [5, 5.41) is 3.85. The highest BCUT2D eigenvalue weighted by molar-refractivity contribution is 6.12. The lowest BCUT2D eigenvalue weighted by molar-refractivity contribution is -0.572. The van der Waals surface area contributed by atoms with Crippen LogP contribution in [-0.4, -0.2) is 14.1 Å². The number of aryl methyl sites for hydroxylation is 1. The second kappa shape index (κ2) is 17.6. The highest BCUT2D eigenvalue weighted by atomic mass is 16.5. The molecule has 0 unspecified atom stereocenters. The lowest BCUT2D eigenvalue weighted by atomic mass is 9.77. The van der Waals surface area contributed by atoms with Gasteiger partial charge in [-0.15, -0.1) is 0 Å². The number of hydrogen-bond acceptors (Lipinski definition) is 3. The van der Waals surface area contributed by atoms with Crippen LogP contribution in [0.1, 0.15) is 69.2 Å². The first kappa shape index (κ1) is 37.7. The summed E-state index contributed by atoms with van der Waals surface area (Å²) in [6, 6.07) is 56.5. The van der Waals surface area contributed by atoms with Gasteiger partial charge in [-0.05, 0) is 117 Å². The maximum Gasteiger partial charge on any atom is 0.269 e. The van der Waals surface area contributed by atoms with E-state index in [4.69, 9.17) is 25.1 Å². The fraction of sp³-hybridized carbons (Fsp3) is 0.130. The van der Waals surface area contributed by atoms with Gasteiger partial charge in [-0.2, -0.15) is 0 Å².